The minimum atomic E-state index is -2.71. The fraction of sp³-hybridized carbons (Fsp3) is 0.873. The van der Waals surface area contributed by atoms with E-state index in [2.05, 4.69) is 6.58 Å². The van der Waals surface area contributed by atoms with Gasteiger partial charge in [0, 0.05) is 26.1 Å². The van der Waals surface area contributed by atoms with Crippen molar-refractivity contribution in [1.29, 1.82) is 0 Å². The molecule has 0 aromatic carbocycles. The van der Waals surface area contributed by atoms with Crippen LogP contribution in [0.15, 0.2) is 35.2 Å². The minimum Gasteiger partial charge on any atom is -0.460 e. The van der Waals surface area contributed by atoms with Crippen LogP contribution >= 0.6 is 0 Å². The van der Waals surface area contributed by atoms with Crippen LogP contribution in [-0.2, 0) is 52.2 Å². The van der Waals surface area contributed by atoms with E-state index in [4.69, 9.17) is 47.4 Å². The zero-order valence-electron chi connectivity index (χ0n) is 48.7. The zero-order valence-corrected chi connectivity index (χ0v) is 48.7. The van der Waals surface area contributed by atoms with Gasteiger partial charge in [-0.2, -0.15) is 0 Å². The average Bonchev–Trinajstić information content (AvgIpc) is 0.741. The molecule has 33 heteroatoms. The second-order valence-corrected chi connectivity index (χ2v) is 24.7. The molecule has 0 aromatic rings. The van der Waals surface area contributed by atoms with Crippen molar-refractivity contribution in [3.8, 4) is 0 Å². The summed E-state index contributed by atoms with van der Waals surface area (Å²) in [6.07, 6.45) is -49.3. The number of esters is 1. The van der Waals surface area contributed by atoms with Crippen LogP contribution in [-0.4, -0.2) is 312 Å². The van der Waals surface area contributed by atoms with E-state index in [1.807, 2.05) is 13.8 Å². The van der Waals surface area contributed by atoms with Crippen LogP contribution in [0.3, 0.4) is 0 Å². The van der Waals surface area contributed by atoms with Crippen LogP contribution in [0.2, 0.25) is 0 Å². The molecule has 33 nitrogen and oxygen atoms in total. The molecule has 0 bridgehead atoms. The Morgan fingerprint density at radius 1 is 0.500 bits per heavy atom. The van der Waals surface area contributed by atoms with Gasteiger partial charge in [0.15, 0.2) is 17.3 Å². The Kier molecular flexibility index (Phi) is 24.5. The third-order valence-corrected chi connectivity index (χ3v) is 18.8. The van der Waals surface area contributed by atoms with Gasteiger partial charge in [-0.05, 0) is 73.7 Å². The highest BCUT2D eigenvalue weighted by Gasteiger charge is 2.64. The van der Waals surface area contributed by atoms with Crippen molar-refractivity contribution in [2.24, 2.45) is 28.1 Å². The molecule has 22 N–H and O–H groups in total. The Balaban J connectivity index is 1.22. The number of rotatable bonds is 24. The SMILES string of the molecule is C=C1C[C@@]2(C)CCC3[C@](C)(C(=O)OC(O)/C(OC4OC(CO)C(O)C(O)C4O)=C(/OC4OC(CO)C(O)C(O)C4O)C(O)CCO)CCC[C@@]3(C)[C@@H]2CC1OC(O)/C(OC1OC(CO)C(O)C(O)C1O)=C(/OC1OC(CO)C(O)C(O)C1O)C(O)CCO. The average molecular weight is 1280 g/mol. The van der Waals surface area contributed by atoms with Crippen LogP contribution < -0.4 is 0 Å². The molecule has 4 heterocycles. The molecule has 88 heavy (non-hydrogen) atoms. The predicted molar refractivity (Wildman–Crippen MR) is 285 cm³/mol. The third-order valence-electron chi connectivity index (χ3n) is 18.8. The number of hydrogen-bond acceptors (Lipinski definition) is 33. The largest absolute Gasteiger partial charge is 0.460 e. The van der Waals surface area contributed by atoms with Crippen molar-refractivity contribution in [3.05, 3.63) is 35.2 Å². The summed E-state index contributed by atoms with van der Waals surface area (Å²) in [6, 6.07) is 0. The number of ether oxygens (including phenoxy) is 10. The molecule has 3 saturated carbocycles. The normalized spacial score (nSPS) is 45.1. The molecule has 7 fully saturated rings. The van der Waals surface area contributed by atoms with Crippen molar-refractivity contribution in [2.75, 3.05) is 39.6 Å². The maximum atomic E-state index is 15.1. The summed E-state index contributed by atoms with van der Waals surface area (Å²) in [5, 5.41) is 236. The zero-order chi connectivity index (χ0) is 65.2. The van der Waals surface area contributed by atoms with Gasteiger partial charge >= 0.3 is 5.97 Å². The van der Waals surface area contributed by atoms with E-state index < -0.39 is 263 Å². The topological polar surface area (TPSA) is 554 Å². The number of hydrogen-bond donors (Lipinski definition) is 22. The smallest absolute Gasteiger partial charge is 0.314 e. The van der Waals surface area contributed by atoms with Gasteiger partial charge in [0.1, 0.15) is 110 Å². The molecular formula is C55H90O33. The molecule has 0 aromatic heterocycles. The van der Waals surface area contributed by atoms with Crippen molar-refractivity contribution < 1.29 is 165 Å². The Hall–Kier alpha value is -3.19. The Labute approximate surface area is 504 Å². The lowest BCUT2D eigenvalue weighted by Gasteiger charge is -2.64. The van der Waals surface area contributed by atoms with E-state index in [-0.39, 0.29) is 19.3 Å². The Morgan fingerprint density at radius 2 is 0.864 bits per heavy atom. The molecule has 0 amide bonds. The molecule has 4 saturated heterocycles. The van der Waals surface area contributed by atoms with E-state index in [0.29, 0.717) is 31.3 Å². The van der Waals surface area contributed by atoms with Gasteiger partial charge in [0.05, 0.1) is 37.9 Å². The molecule has 3 aliphatic carbocycles. The van der Waals surface area contributed by atoms with Crippen LogP contribution in [0.5, 0.6) is 0 Å². The van der Waals surface area contributed by atoms with Crippen molar-refractivity contribution in [2.45, 2.75) is 232 Å². The lowest BCUT2D eigenvalue weighted by atomic mass is 9.40. The monoisotopic (exact) mass is 1280 g/mol. The van der Waals surface area contributed by atoms with E-state index in [0.717, 1.165) is 0 Å². The van der Waals surface area contributed by atoms with Gasteiger partial charge in [0.2, 0.25) is 37.2 Å². The molecule has 0 radical (unpaired) electrons. The standard InChI is InChI=1S/C55H90O33/c1-20-15-53(2)11-6-28-54(3,29(53)14-23(20)79-46(76)44(86-50-40(74)36(70)32(66)26(18-60)82-50)42(21(62)7-12-56)84-48-38(72)34(68)30(64)24(16-58)80-48)9-5-10-55(28,4)52(78)88-47(77)45(87-51-41(75)37(71)33(67)27(19-61)83-51)43(22(63)8-13-57)85-49-39(73)35(69)31(65)25(17-59)81-49/h21-41,46-51,56-77H,1,5-19H2,2-4H3/b44-42-,45-43-/t21?,22?,23?,24?,25?,26?,27?,28?,29-,30?,31?,32?,33?,34?,35?,36?,37?,38?,39?,40?,41?,46?,47?,48?,49?,50?,51?,53-,54-,55-/m1/s1. The van der Waals surface area contributed by atoms with Gasteiger partial charge < -0.3 is 160 Å². The van der Waals surface area contributed by atoms with Crippen LogP contribution in [0.25, 0.3) is 0 Å². The maximum absolute atomic E-state index is 15.1. The summed E-state index contributed by atoms with van der Waals surface area (Å²) in [5.41, 5.74) is -2.62. The highest BCUT2D eigenvalue weighted by Crippen LogP contribution is 2.68. The molecule has 4 aliphatic heterocycles. The molecule has 26 unspecified atom stereocenters. The number of aliphatic hydroxyl groups excluding tert-OH is 22. The molecule has 0 spiro atoms. The number of carbonyl (C=O) groups excluding carboxylic acids is 1. The van der Waals surface area contributed by atoms with Gasteiger partial charge in [0.25, 0.3) is 6.29 Å². The predicted octanol–water partition coefficient (Wildman–Crippen LogP) is -8.69. The van der Waals surface area contributed by atoms with Gasteiger partial charge in [-0.3, -0.25) is 4.79 Å². The third kappa shape index (κ3) is 14.5. The summed E-state index contributed by atoms with van der Waals surface area (Å²) in [7, 11) is 0. The van der Waals surface area contributed by atoms with Gasteiger partial charge in [-0.15, -0.1) is 0 Å². The van der Waals surface area contributed by atoms with E-state index >= 15 is 4.79 Å². The van der Waals surface area contributed by atoms with Crippen LogP contribution in [0.1, 0.15) is 78.6 Å². The first-order chi connectivity index (χ1) is 41.4. The fourth-order valence-electron chi connectivity index (χ4n) is 13.8. The lowest BCUT2D eigenvalue weighted by Crippen LogP contribution is -2.60. The number of aliphatic hydroxyl groups is 22. The summed E-state index contributed by atoms with van der Waals surface area (Å²) < 4.78 is 57.7. The second-order valence-electron chi connectivity index (χ2n) is 24.7. The van der Waals surface area contributed by atoms with Crippen molar-refractivity contribution in [3.63, 3.8) is 0 Å². The quantitative estimate of drug-likeness (QED) is 0.0185. The lowest BCUT2D eigenvalue weighted by molar-refractivity contribution is -0.308. The highest BCUT2D eigenvalue weighted by atomic mass is 16.8. The molecule has 30 atom stereocenters. The van der Waals surface area contributed by atoms with E-state index in [1.54, 1.807) is 6.92 Å². The highest BCUT2D eigenvalue weighted by molar-refractivity contribution is 5.77. The first-order valence-corrected chi connectivity index (χ1v) is 29.3. The summed E-state index contributed by atoms with van der Waals surface area (Å²) in [5.74, 6) is -6.20. The summed E-state index contributed by atoms with van der Waals surface area (Å²) in [4.78, 5) is 15.1. The maximum Gasteiger partial charge on any atom is 0.314 e. The van der Waals surface area contributed by atoms with Crippen LogP contribution in [0.4, 0.5) is 0 Å². The van der Waals surface area contributed by atoms with Gasteiger partial charge in [-0.1, -0.05) is 26.8 Å². The van der Waals surface area contributed by atoms with E-state index in [9.17, 15) is 112 Å². The second kappa shape index (κ2) is 29.8. The summed E-state index contributed by atoms with van der Waals surface area (Å²) >= 11 is 0. The summed E-state index contributed by atoms with van der Waals surface area (Å²) in [6.45, 7) is 4.41. The first kappa shape index (κ1) is 72.2. The molecular weight excluding hydrogens is 1190 g/mol. The molecule has 7 aliphatic rings. The Morgan fingerprint density at radius 3 is 1.23 bits per heavy atom. The van der Waals surface area contributed by atoms with Gasteiger partial charge in [-0.25, -0.2) is 0 Å². The number of fused-ring (bicyclic) bond motifs is 3. The molecule has 508 valence electrons. The minimum absolute atomic E-state index is 0.0176. The first-order valence-electron chi connectivity index (χ1n) is 29.3. The Bertz CT molecular complexity index is 2360. The van der Waals surface area contributed by atoms with Crippen molar-refractivity contribution >= 4 is 5.97 Å². The fourth-order valence-corrected chi connectivity index (χ4v) is 13.8. The van der Waals surface area contributed by atoms with Crippen LogP contribution in [0, 0.1) is 28.1 Å². The van der Waals surface area contributed by atoms with Crippen molar-refractivity contribution in [1.82, 2.24) is 0 Å². The van der Waals surface area contributed by atoms with E-state index in [1.165, 1.54) is 0 Å². The molecule has 7 rings (SSSR count). The number of carbonyl (C=O) groups is 1.